The van der Waals surface area contributed by atoms with Crippen LogP contribution in [0.15, 0.2) is 24.3 Å². The van der Waals surface area contributed by atoms with Crippen molar-refractivity contribution in [3.8, 4) is 0 Å². The Hall–Kier alpha value is -1.62. The van der Waals surface area contributed by atoms with Crippen molar-refractivity contribution in [2.75, 3.05) is 78.8 Å². The van der Waals surface area contributed by atoms with E-state index in [0.29, 0.717) is 58.2 Å². The highest BCUT2D eigenvalue weighted by atomic mass is 19.1. The molecule has 186 valence electrons. The van der Waals surface area contributed by atoms with Gasteiger partial charge in [0.25, 0.3) is 5.91 Å². The number of aliphatic hydroxyl groups is 1. The Morgan fingerprint density at radius 1 is 1.18 bits per heavy atom. The number of hydrogen-bond donors (Lipinski definition) is 1. The fourth-order valence-electron chi connectivity index (χ4n) is 4.09. The minimum Gasteiger partial charge on any atom is -0.389 e. The van der Waals surface area contributed by atoms with Crippen LogP contribution in [0.2, 0.25) is 0 Å². The summed E-state index contributed by atoms with van der Waals surface area (Å²) in [5.74, 6) is -0.493. The number of rotatable bonds is 11. The predicted molar refractivity (Wildman–Crippen MR) is 123 cm³/mol. The molecule has 3 rings (SSSR count). The third-order valence-electron chi connectivity index (χ3n) is 5.91. The Labute approximate surface area is 196 Å². The largest absolute Gasteiger partial charge is 0.389 e. The fraction of sp³-hybridized carbons (Fsp3) is 0.708. The average molecular weight is 468 g/mol. The van der Waals surface area contributed by atoms with Gasteiger partial charge in [0.2, 0.25) is 0 Å². The zero-order valence-corrected chi connectivity index (χ0v) is 19.8. The summed E-state index contributed by atoms with van der Waals surface area (Å²) in [6.45, 7) is 11.5. The molecule has 8 nitrogen and oxygen atoms in total. The maximum atomic E-state index is 13.4. The Bertz CT molecular complexity index is 715. The normalized spacial score (nSPS) is 21.3. The molecule has 0 aliphatic carbocycles. The SMILES string of the molecule is CC(C)OC[C@@H](O)CN1CCO[C@@H](CN(CCN2CCOCC2)C(=O)c2ccc(F)cc2)C1. The van der Waals surface area contributed by atoms with Crippen LogP contribution >= 0.6 is 0 Å². The van der Waals surface area contributed by atoms with E-state index in [1.54, 1.807) is 4.90 Å². The second kappa shape index (κ2) is 13.3. The highest BCUT2D eigenvalue weighted by molar-refractivity contribution is 5.94. The summed E-state index contributed by atoms with van der Waals surface area (Å²) >= 11 is 0. The molecule has 0 saturated carbocycles. The van der Waals surface area contributed by atoms with Crippen LogP contribution < -0.4 is 0 Å². The maximum Gasteiger partial charge on any atom is 0.253 e. The second-order valence-electron chi connectivity index (χ2n) is 9.00. The number of carbonyl (C=O) groups is 1. The summed E-state index contributed by atoms with van der Waals surface area (Å²) in [5.41, 5.74) is 0.465. The highest BCUT2D eigenvalue weighted by Gasteiger charge is 2.27. The standard InChI is InChI=1S/C24H38FN3O5/c1-19(2)33-18-22(29)15-27-11-14-32-23(16-27)17-28(8-7-26-9-12-31-13-10-26)24(30)20-3-5-21(25)6-4-20/h3-6,19,22-23,29H,7-18H2,1-2H3/t22-,23+/m0/s1. The van der Waals surface area contributed by atoms with Gasteiger partial charge in [0.1, 0.15) is 5.82 Å². The lowest BCUT2D eigenvalue weighted by atomic mass is 10.1. The van der Waals surface area contributed by atoms with E-state index in [-0.39, 0.29) is 23.9 Å². The van der Waals surface area contributed by atoms with Crippen molar-refractivity contribution in [3.05, 3.63) is 35.6 Å². The molecule has 2 fully saturated rings. The van der Waals surface area contributed by atoms with Crippen molar-refractivity contribution in [1.29, 1.82) is 0 Å². The van der Waals surface area contributed by atoms with Crippen LogP contribution in [0, 0.1) is 5.82 Å². The van der Waals surface area contributed by atoms with Crippen molar-refractivity contribution >= 4 is 5.91 Å². The molecule has 2 atom stereocenters. The van der Waals surface area contributed by atoms with Crippen LogP contribution in [0.4, 0.5) is 4.39 Å². The van der Waals surface area contributed by atoms with Gasteiger partial charge in [-0.05, 0) is 38.1 Å². The molecule has 0 spiro atoms. The van der Waals surface area contributed by atoms with E-state index in [0.717, 1.165) is 26.2 Å². The van der Waals surface area contributed by atoms with Gasteiger partial charge in [-0.3, -0.25) is 14.6 Å². The van der Waals surface area contributed by atoms with Gasteiger partial charge < -0.3 is 24.2 Å². The summed E-state index contributed by atoms with van der Waals surface area (Å²) in [6.07, 6.45) is -0.648. The number of amides is 1. The number of ether oxygens (including phenoxy) is 3. The molecular formula is C24H38FN3O5. The second-order valence-corrected chi connectivity index (χ2v) is 9.00. The van der Waals surface area contributed by atoms with E-state index < -0.39 is 6.10 Å². The van der Waals surface area contributed by atoms with Crippen molar-refractivity contribution in [3.63, 3.8) is 0 Å². The zero-order chi connectivity index (χ0) is 23.6. The fourth-order valence-corrected chi connectivity index (χ4v) is 4.09. The van der Waals surface area contributed by atoms with Gasteiger partial charge in [0.15, 0.2) is 0 Å². The Kier molecular flexibility index (Phi) is 10.5. The molecule has 1 amide bonds. The lowest BCUT2D eigenvalue weighted by Crippen LogP contribution is -2.52. The van der Waals surface area contributed by atoms with E-state index >= 15 is 0 Å². The first-order valence-electron chi connectivity index (χ1n) is 11.9. The topological polar surface area (TPSA) is 74.7 Å². The average Bonchev–Trinajstić information content (AvgIpc) is 2.81. The summed E-state index contributed by atoms with van der Waals surface area (Å²) in [5, 5.41) is 10.3. The monoisotopic (exact) mass is 467 g/mol. The number of benzene rings is 1. The molecule has 2 aliphatic rings. The molecule has 2 saturated heterocycles. The minimum atomic E-state index is -0.565. The van der Waals surface area contributed by atoms with Gasteiger partial charge >= 0.3 is 0 Å². The zero-order valence-electron chi connectivity index (χ0n) is 19.8. The number of aliphatic hydroxyl groups excluding tert-OH is 1. The van der Waals surface area contributed by atoms with Crippen molar-refractivity contribution in [1.82, 2.24) is 14.7 Å². The van der Waals surface area contributed by atoms with E-state index in [1.165, 1.54) is 24.3 Å². The number of carbonyl (C=O) groups excluding carboxylic acids is 1. The van der Waals surface area contributed by atoms with Crippen molar-refractivity contribution < 1.29 is 28.5 Å². The van der Waals surface area contributed by atoms with E-state index in [4.69, 9.17) is 14.2 Å². The van der Waals surface area contributed by atoms with E-state index in [2.05, 4.69) is 9.80 Å². The Balaban J connectivity index is 1.58. The number of β-amino-alcohol motifs (C(OH)–C–C–N with tert-alkyl or cyclic N) is 1. The van der Waals surface area contributed by atoms with Crippen molar-refractivity contribution in [2.24, 2.45) is 0 Å². The highest BCUT2D eigenvalue weighted by Crippen LogP contribution is 2.13. The van der Waals surface area contributed by atoms with Gasteiger partial charge in [0, 0.05) is 57.9 Å². The first-order chi connectivity index (χ1) is 15.9. The lowest BCUT2D eigenvalue weighted by molar-refractivity contribution is -0.0633. The molecule has 9 heteroatoms. The summed E-state index contributed by atoms with van der Waals surface area (Å²) in [7, 11) is 0. The van der Waals surface area contributed by atoms with E-state index in [1.807, 2.05) is 13.8 Å². The molecular weight excluding hydrogens is 429 g/mol. The molecule has 33 heavy (non-hydrogen) atoms. The first-order valence-corrected chi connectivity index (χ1v) is 11.9. The first kappa shape index (κ1) is 26.0. The van der Waals surface area contributed by atoms with Gasteiger partial charge in [-0.15, -0.1) is 0 Å². The van der Waals surface area contributed by atoms with Gasteiger partial charge in [-0.1, -0.05) is 0 Å². The Morgan fingerprint density at radius 3 is 2.58 bits per heavy atom. The van der Waals surface area contributed by atoms with Crippen LogP contribution in [0.25, 0.3) is 0 Å². The molecule has 0 bridgehead atoms. The molecule has 0 radical (unpaired) electrons. The van der Waals surface area contributed by atoms with Crippen LogP contribution in [0.1, 0.15) is 24.2 Å². The van der Waals surface area contributed by atoms with Crippen LogP contribution in [0.5, 0.6) is 0 Å². The molecule has 1 aromatic rings. The maximum absolute atomic E-state index is 13.4. The third-order valence-corrected chi connectivity index (χ3v) is 5.91. The molecule has 2 heterocycles. The quantitative estimate of drug-likeness (QED) is 0.522. The van der Waals surface area contributed by atoms with Gasteiger partial charge in [0.05, 0.1) is 44.7 Å². The minimum absolute atomic E-state index is 0.0783. The Morgan fingerprint density at radius 2 is 1.88 bits per heavy atom. The molecule has 1 N–H and O–H groups in total. The van der Waals surface area contributed by atoms with Gasteiger partial charge in [-0.25, -0.2) is 4.39 Å². The van der Waals surface area contributed by atoms with Crippen molar-refractivity contribution in [2.45, 2.75) is 32.2 Å². The molecule has 1 aromatic carbocycles. The van der Waals surface area contributed by atoms with Crippen LogP contribution in [0.3, 0.4) is 0 Å². The molecule has 0 unspecified atom stereocenters. The van der Waals surface area contributed by atoms with Crippen LogP contribution in [-0.2, 0) is 14.2 Å². The number of morpholine rings is 2. The summed E-state index contributed by atoms with van der Waals surface area (Å²) in [4.78, 5) is 19.5. The summed E-state index contributed by atoms with van der Waals surface area (Å²) in [6, 6.07) is 5.68. The molecule has 0 aromatic heterocycles. The molecule has 2 aliphatic heterocycles. The number of hydrogen-bond acceptors (Lipinski definition) is 7. The van der Waals surface area contributed by atoms with Gasteiger partial charge in [-0.2, -0.15) is 0 Å². The third kappa shape index (κ3) is 8.92. The predicted octanol–water partition coefficient (Wildman–Crippen LogP) is 1.09. The smallest absolute Gasteiger partial charge is 0.253 e. The van der Waals surface area contributed by atoms with Crippen LogP contribution in [-0.4, -0.2) is 123 Å². The summed E-state index contributed by atoms with van der Waals surface area (Å²) < 4.78 is 30.3. The number of halogens is 1. The lowest BCUT2D eigenvalue weighted by Gasteiger charge is -2.37. The number of nitrogens with zero attached hydrogens (tertiary/aromatic N) is 3. The van der Waals surface area contributed by atoms with E-state index in [9.17, 15) is 14.3 Å².